The van der Waals surface area contributed by atoms with E-state index in [0.717, 1.165) is 36.7 Å². The molecule has 3 aromatic rings. The Morgan fingerprint density at radius 3 is 2.58 bits per heavy atom. The molecule has 1 aliphatic rings. The molecule has 4 rings (SSSR count). The summed E-state index contributed by atoms with van der Waals surface area (Å²) in [5.41, 5.74) is 1.17. The first kappa shape index (κ1) is 16.9. The van der Waals surface area contributed by atoms with Gasteiger partial charge in [0.2, 0.25) is 11.5 Å². The Morgan fingerprint density at radius 2 is 1.96 bits per heavy atom. The fourth-order valence-corrected chi connectivity index (χ4v) is 3.12. The fraction of sp³-hybridized carbons (Fsp3) is 0.647. The maximum atomic E-state index is 5.18. The molecule has 0 spiro atoms. The van der Waals surface area contributed by atoms with Gasteiger partial charge in [-0.3, -0.25) is 0 Å². The number of anilines is 1. The van der Waals surface area contributed by atoms with Crippen molar-refractivity contribution in [1.29, 1.82) is 0 Å². The molecular formula is C17H24N8O. The third kappa shape index (κ3) is 3.13. The number of rotatable bonds is 3. The molecule has 0 bridgehead atoms. The van der Waals surface area contributed by atoms with Gasteiger partial charge in [0.1, 0.15) is 12.4 Å². The van der Waals surface area contributed by atoms with Gasteiger partial charge in [0.05, 0.1) is 0 Å². The molecule has 0 amide bonds. The SMILES string of the molecule is Cc1noc(Cn2nc3nc(C(C)(C)C)nc(N4CC[C@@H](C)C4)c3n2)n1. The van der Waals surface area contributed by atoms with Gasteiger partial charge in [-0.05, 0) is 19.3 Å². The summed E-state index contributed by atoms with van der Waals surface area (Å²) in [7, 11) is 0. The average Bonchev–Trinajstić information content (AvgIpc) is 3.25. The Morgan fingerprint density at radius 1 is 1.15 bits per heavy atom. The lowest BCUT2D eigenvalue weighted by Crippen LogP contribution is -2.24. The van der Waals surface area contributed by atoms with Crippen LogP contribution in [0.1, 0.15) is 51.7 Å². The number of aryl methyl sites for hydroxylation is 1. The van der Waals surface area contributed by atoms with E-state index < -0.39 is 0 Å². The van der Waals surface area contributed by atoms with Gasteiger partial charge in [0, 0.05) is 18.5 Å². The van der Waals surface area contributed by atoms with Crippen molar-refractivity contribution < 1.29 is 4.52 Å². The Balaban J connectivity index is 1.78. The van der Waals surface area contributed by atoms with Crippen LogP contribution in [0, 0.1) is 12.8 Å². The van der Waals surface area contributed by atoms with Gasteiger partial charge >= 0.3 is 0 Å². The highest BCUT2D eigenvalue weighted by Crippen LogP contribution is 2.29. The third-order valence-electron chi connectivity index (χ3n) is 4.51. The number of nitrogens with zero attached hydrogens (tertiary/aromatic N) is 8. The van der Waals surface area contributed by atoms with Crippen LogP contribution in [-0.4, -0.2) is 48.2 Å². The van der Waals surface area contributed by atoms with Crippen molar-refractivity contribution in [2.75, 3.05) is 18.0 Å². The molecule has 0 unspecified atom stereocenters. The molecule has 0 saturated carbocycles. The summed E-state index contributed by atoms with van der Waals surface area (Å²) in [6.45, 7) is 12.6. The van der Waals surface area contributed by atoms with Gasteiger partial charge in [0.15, 0.2) is 17.2 Å². The quantitative estimate of drug-likeness (QED) is 0.703. The van der Waals surface area contributed by atoms with Crippen molar-refractivity contribution in [2.45, 2.75) is 53.0 Å². The number of hydrogen-bond acceptors (Lipinski definition) is 8. The second-order valence-corrected chi connectivity index (χ2v) is 8.10. The maximum absolute atomic E-state index is 5.18. The Bertz CT molecular complexity index is 938. The summed E-state index contributed by atoms with van der Waals surface area (Å²) in [5.74, 6) is 3.37. The van der Waals surface area contributed by atoms with Gasteiger partial charge in [-0.15, -0.1) is 10.2 Å². The van der Waals surface area contributed by atoms with Gasteiger partial charge in [0.25, 0.3) is 0 Å². The van der Waals surface area contributed by atoms with Crippen LogP contribution >= 0.6 is 0 Å². The summed E-state index contributed by atoms with van der Waals surface area (Å²) in [4.78, 5) is 17.6. The Hall–Kier alpha value is -2.58. The lowest BCUT2D eigenvalue weighted by molar-refractivity contribution is 0.355. The van der Waals surface area contributed by atoms with Crippen LogP contribution in [0.2, 0.25) is 0 Å². The van der Waals surface area contributed by atoms with Gasteiger partial charge in [-0.25, -0.2) is 9.97 Å². The zero-order valence-electron chi connectivity index (χ0n) is 15.9. The van der Waals surface area contributed by atoms with Crippen LogP contribution in [0.4, 0.5) is 5.82 Å². The molecular weight excluding hydrogens is 332 g/mol. The predicted octanol–water partition coefficient (Wildman–Crippen LogP) is 2.10. The Labute approximate surface area is 151 Å². The molecule has 1 saturated heterocycles. The van der Waals surface area contributed by atoms with E-state index in [2.05, 4.69) is 57.9 Å². The number of hydrogen-bond donors (Lipinski definition) is 0. The molecule has 4 heterocycles. The van der Waals surface area contributed by atoms with E-state index in [9.17, 15) is 0 Å². The molecule has 0 N–H and O–H groups in total. The molecule has 0 aliphatic carbocycles. The first-order chi connectivity index (χ1) is 12.3. The highest BCUT2D eigenvalue weighted by atomic mass is 16.5. The largest absolute Gasteiger partial charge is 0.354 e. The van der Waals surface area contributed by atoms with Crippen molar-refractivity contribution >= 4 is 17.0 Å². The van der Waals surface area contributed by atoms with Gasteiger partial charge < -0.3 is 9.42 Å². The van der Waals surface area contributed by atoms with E-state index in [-0.39, 0.29) is 5.41 Å². The normalized spacial score (nSPS) is 18.2. The zero-order chi connectivity index (χ0) is 18.5. The van der Waals surface area contributed by atoms with E-state index in [4.69, 9.17) is 9.51 Å². The fourth-order valence-electron chi connectivity index (χ4n) is 3.12. The van der Waals surface area contributed by atoms with E-state index in [0.29, 0.717) is 29.8 Å². The highest BCUT2D eigenvalue weighted by molar-refractivity contribution is 5.82. The summed E-state index contributed by atoms with van der Waals surface area (Å²) < 4.78 is 5.18. The first-order valence-corrected chi connectivity index (χ1v) is 8.97. The molecule has 9 nitrogen and oxygen atoms in total. The molecule has 0 aromatic carbocycles. The number of fused-ring (bicyclic) bond motifs is 1. The van der Waals surface area contributed by atoms with Crippen LogP contribution in [0.25, 0.3) is 11.2 Å². The first-order valence-electron chi connectivity index (χ1n) is 8.97. The molecule has 1 fully saturated rings. The lowest BCUT2D eigenvalue weighted by atomic mass is 9.96. The summed E-state index contributed by atoms with van der Waals surface area (Å²) in [5, 5.41) is 13.0. The number of aromatic nitrogens is 7. The molecule has 138 valence electrons. The lowest BCUT2D eigenvalue weighted by Gasteiger charge is -2.21. The minimum absolute atomic E-state index is 0.165. The van der Waals surface area contributed by atoms with Crippen LogP contribution in [0.15, 0.2) is 4.52 Å². The van der Waals surface area contributed by atoms with Gasteiger partial charge in [-0.2, -0.15) is 9.78 Å². The zero-order valence-corrected chi connectivity index (χ0v) is 15.9. The summed E-state index contributed by atoms with van der Waals surface area (Å²) in [6.07, 6.45) is 1.16. The predicted molar refractivity (Wildman–Crippen MR) is 95.9 cm³/mol. The van der Waals surface area contributed by atoms with Crippen LogP contribution in [0.5, 0.6) is 0 Å². The van der Waals surface area contributed by atoms with Crippen molar-refractivity contribution in [3.05, 3.63) is 17.5 Å². The molecule has 26 heavy (non-hydrogen) atoms. The summed E-state index contributed by atoms with van der Waals surface area (Å²) in [6, 6.07) is 0. The second kappa shape index (κ2) is 6.00. The smallest absolute Gasteiger partial charge is 0.250 e. The monoisotopic (exact) mass is 356 g/mol. The molecule has 1 atom stereocenters. The molecule has 0 radical (unpaired) electrons. The highest BCUT2D eigenvalue weighted by Gasteiger charge is 2.28. The van der Waals surface area contributed by atoms with E-state index in [1.807, 2.05) is 0 Å². The van der Waals surface area contributed by atoms with Crippen molar-refractivity contribution in [2.24, 2.45) is 5.92 Å². The van der Waals surface area contributed by atoms with Crippen molar-refractivity contribution in [3.63, 3.8) is 0 Å². The third-order valence-corrected chi connectivity index (χ3v) is 4.51. The topological polar surface area (TPSA) is 98.6 Å². The van der Waals surface area contributed by atoms with E-state index >= 15 is 0 Å². The second-order valence-electron chi connectivity index (χ2n) is 8.10. The molecule has 3 aromatic heterocycles. The molecule has 9 heteroatoms. The van der Waals surface area contributed by atoms with Crippen molar-refractivity contribution in [1.82, 2.24) is 35.1 Å². The van der Waals surface area contributed by atoms with E-state index in [1.54, 1.807) is 11.7 Å². The van der Waals surface area contributed by atoms with Crippen molar-refractivity contribution in [3.8, 4) is 0 Å². The van der Waals surface area contributed by atoms with Crippen LogP contribution < -0.4 is 4.90 Å². The standard InChI is InChI=1S/C17H24N8O/c1-10-6-7-24(8-10)15-13-14(19-16(20-15)17(3,4)5)22-25(21-13)9-12-18-11(2)23-26-12/h10H,6-9H2,1-5H3/t10-/m1/s1. The van der Waals surface area contributed by atoms with Gasteiger partial charge in [-0.1, -0.05) is 32.9 Å². The van der Waals surface area contributed by atoms with Crippen LogP contribution in [-0.2, 0) is 12.0 Å². The average molecular weight is 356 g/mol. The van der Waals surface area contributed by atoms with Crippen LogP contribution in [0.3, 0.4) is 0 Å². The summed E-state index contributed by atoms with van der Waals surface area (Å²) >= 11 is 0. The minimum atomic E-state index is -0.165. The van der Waals surface area contributed by atoms with E-state index in [1.165, 1.54) is 0 Å². The minimum Gasteiger partial charge on any atom is -0.354 e. The molecule has 1 aliphatic heterocycles. The Kier molecular flexibility index (Phi) is 3.89. The maximum Gasteiger partial charge on any atom is 0.250 e.